The van der Waals surface area contributed by atoms with E-state index in [2.05, 4.69) is 10.2 Å². The van der Waals surface area contributed by atoms with Crippen molar-refractivity contribution in [1.82, 2.24) is 15.1 Å². The van der Waals surface area contributed by atoms with Gasteiger partial charge in [0.05, 0.1) is 23.2 Å². The predicted octanol–water partition coefficient (Wildman–Crippen LogP) is 1.50. The second-order valence-corrected chi connectivity index (χ2v) is 5.04. The number of hydrogen-bond acceptors (Lipinski definition) is 3. The van der Waals surface area contributed by atoms with Crippen molar-refractivity contribution in [2.24, 2.45) is 5.92 Å². The number of hydrogen-bond donors (Lipinski definition) is 2. The molecule has 1 fully saturated rings. The molecule has 1 aromatic heterocycles. The second kappa shape index (κ2) is 4.96. The largest absolute Gasteiger partial charge is 0.481 e. The van der Waals surface area contributed by atoms with Gasteiger partial charge in [0, 0.05) is 18.5 Å². The van der Waals surface area contributed by atoms with Gasteiger partial charge in [-0.25, -0.2) is 0 Å². The van der Waals surface area contributed by atoms with E-state index >= 15 is 0 Å². The normalized spacial score (nSPS) is 16.5. The van der Waals surface area contributed by atoms with E-state index in [0.29, 0.717) is 31.5 Å². The van der Waals surface area contributed by atoms with Crippen LogP contribution in [0.15, 0.2) is 24.4 Å². The first-order valence-corrected chi connectivity index (χ1v) is 6.61. The van der Waals surface area contributed by atoms with E-state index in [1.54, 1.807) is 17.2 Å². The fourth-order valence-corrected chi connectivity index (χ4v) is 2.65. The first kappa shape index (κ1) is 12.7. The van der Waals surface area contributed by atoms with Crippen molar-refractivity contribution in [1.29, 1.82) is 0 Å². The fourth-order valence-electron chi connectivity index (χ4n) is 2.65. The van der Waals surface area contributed by atoms with Crippen LogP contribution in [0.25, 0.3) is 10.9 Å². The molecule has 0 bridgehead atoms. The van der Waals surface area contributed by atoms with Crippen LogP contribution in [0.4, 0.5) is 0 Å². The molecule has 0 unspecified atom stereocenters. The number of likely N-dealkylation sites (tertiary alicyclic amines) is 1. The molecule has 2 aromatic rings. The third kappa shape index (κ3) is 2.13. The summed E-state index contributed by atoms with van der Waals surface area (Å²) in [6.45, 7) is 0.980. The van der Waals surface area contributed by atoms with E-state index in [-0.39, 0.29) is 11.8 Å². The predicted molar refractivity (Wildman–Crippen MR) is 72.4 cm³/mol. The van der Waals surface area contributed by atoms with E-state index in [4.69, 9.17) is 5.11 Å². The second-order valence-electron chi connectivity index (χ2n) is 5.04. The number of rotatable bonds is 2. The Hall–Kier alpha value is -2.37. The van der Waals surface area contributed by atoms with Crippen LogP contribution in [0.2, 0.25) is 0 Å². The minimum absolute atomic E-state index is 0.0548. The molecule has 1 amide bonds. The van der Waals surface area contributed by atoms with Crippen molar-refractivity contribution in [3.8, 4) is 0 Å². The quantitative estimate of drug-likeness (QED) is 0.868. The number of carboxylic acids is 1. The number of aromatic nitrogens is 2. The van der Waals surface area contributed by atoms with E-state index < -0.39 is 5.97 Å². The number of carbonyl (C=O) groups is 2. The molecule has 104 valence electrons. The molecule has 2 N–H and O–H groups in total. The Bertz CT molecular complexity index is 656. The molecule has 6 nitrogen and oxygen atoms in total. The van der Waals surface area contributed by atoms with Gasteiger partial charge in [0.15, 0.2) is 0 Å². The highest BCUT2D eigenvalue weighted by atomic mass is 16.4. The lowest BCUT2D eigenvalue weighted by atomic mass is 9.96. The minimum atomic E-state index is -0.769. The van der Waals surface area contributed by atoms with E-state index in [1.165, 1.54) is 0 Å². The van der Waals surface area contributed by atoms with Gasteiger partial charge in [0.2, 0.25) is 0 Å². The molecule has 1 saturated heterocycles. The smallest absolute Gasteiger partial charge is 0.306 e. The molecule has 0 radical (unpaired) electrons. The van der Waals surface area contributed by atoms with E-state index in [9.17, 15) is 9.59 Å². The number of nitrogens with one attached hydrogen (secondary N) is 1. The van der Waals surface area contributed by atoms with Gasteiger partial charge in [-0.2, -0.15) is 5.10 Å². The first-order valence-electron chi connectivity index (χ1n) is 6.61. The Kier molecular flexibility index (Phi) is 3.14. The Balaban J connectivity index is 1.80. The molecule has 1 aromatic carbocycles. The number of aromatic amines is 1. The van der Waals surface area contributed by atoms with Gasteiger partial charge in [0.1, 0.15) is 0 Å². The number of amides is 1. The standard InChI is InChI=1S/C14H15N3O3/c18-13(17-6-4-9(5-7-17)14(19)20)10-2-1-3-12-11(10)8-15-16-12/h1-3,8-9H,4-7H2,(H,15,16)(H,19,20). The molecule has 0 aliphatic carbocycles. The minimum Gasteiger partial charge on any atom is -0.481 e. The van der Waals surface area contributed by atoms with Crippen LogP contribution < -0.4 is 0 Å². The maximum Gasteiger partial charge on any atom is 0.306 e. The molecule has 1 aliphatic heterocycles. The van der Waals surface area contributed by atoms with Crippen LogP contribution in [0.5, 0.6) is 0 Å². The summed E-state index contributed by atoms with van der Waals surface area (Å²) < 4.78 is 0. The number of carboxylic acid groups (broad SMARTS) is 1. The van der Waals surface area contributed by atoms with Crippen LogP contribution in [0.1, 0.15) is 23.2 Å². The van der Waals surface area contributed by atoms with Crippen molar-refractivity contribution in [3.05, 3.63) is 30.0 Å². The Morgan fingerprint density at radius 2 is 2.05 bits per heavy atom. The molecular formula is C14H15N3O3. The van der Waals surface area contributed by atoms with Crippen molar-refractivity contribution >= 4 is 22.8 Å². The number of carbonyl (C=O) groups excluding carboxylic acids is 1. The molecule has 20 heavy (non-hydrogen) atoms. The molecule has 0 saturated carbocycles. The lowest BCUT2D eigenvalue weighted by Crippen LogP contribution is -2.40. The third-order valence-electron chi connectivity index (χ3n) is 3.85. The molecule has 0 atom stereocenters. The Morgan fingerprint density at radius 1 is 1.30 bits per heavy atom. The highest BCUT2D eigenvalue weighted by Gasteiger charge is 2.28. The highest BCUT2D eigenvalue weighted by molar-refractivity contribution is 6.06. The zero-order chi connectivity index (χ0) is 14.1. The maximum atomic E-state index is 12.5. The zero-order valence-electron chi connectivity index (χ0n) is 10.9. The van der Waals surface area contributed by atoms with Crippen LogP contribution in [0, 0.1) is 5.92 Å². The van der Waals surface area contributed by atoms with Gasteiger partial charge < -0.3 is 10.0 Å². The molecule has 0 spiro atoms. The Morgan fingerprint density at radius 3 is 2.75 bits per heavy atom. The number of H-pyrrole nitrogens is 1. The van der Waals surface area contributed by atoms with Gasteiger partial charge in [-0.1, -0.05) is 6.07 Å². The Labute approximate surface area is 115 Å². The lowest BCUT2D eigenvalue weighted by Gasteiger charge is -2.30. The number of aliphatic carboxylic acids is 1. The SMILES string of the molecule is O=C(O)C1CCN(C(=O)c2cccc3[nH]ncc23)CC1. The zero-order valence-corrected chi connectivity index (χ0v) is 10.9. The third-order valence-corrected chi connectivity index (χ3v) is 3.85. The van der Waals surface area contributed by atoms with Crippen LogP contribution >= 0.6 is 0 Å². The topological polar surface area (TPSA) is 86.3 Å². The average Bonchev–Trinajstić information content (AvgIpc) is 2.95. The average molecular weight is 273 g/mol. The monoisotopic (exact) mass is 273 g/mol. The summed E-state index contributed by atoms with van der Waals surface area (Å²) in [6, 6.07) is 5.47. The van der Waals surface area contributed by atoms with Crippen LogP contribution in [-0.4, -0.2) is 45.2 Å². The van der Waals surface area contributed by atoms with Crippen LogP contribution in [0.3, 0.4) is 0 Å². The maximum absolute atomic E-state index is 12.5. The van der Waals surface area contributed by atoms with Gasteiger partial charge in [-0.3, -0.25) is 14.7 Å². The summed E-state index contributed by atoms with van der Waals surface area (Å²) in [4.78, 5) is 25.2. The number of nitrogens with zero attached hydrogens (tertiary/aromatic N) is 2. The number of fused-ring (bicyclic) bond motifs is 1. The van der Waals surface area contributed by atoms with Crippen molar-refractivity contribution in [3.63, 3.8) is 0 Å². The van der Waals surface area contributed by atoms with Gasteiger partial charge in [0.25, 0.3) is 5.91 Å². The fraction of sp³-hybridized carbons (Fsp3) is 0.357. The lowest BCUT2D eigenvalue weighted by molar-refractivity contribution is -0.143. The summed E-state index contributed by atoms with van der Waals surface area (Å²) in [5, 5.41) is 16.6. The summed E-state index contributed by atoms with van der Waals surface area (Å²) in [5.41, 5.74) is 1.45. The molecule has 3 rings (SSSR count). The summed E-state index contributed by atoms with van der Waals surface area (Å²) in [5.74, 6) is -1.15. The van der Waals surface area contributed by atoms with Gasteiger partial charge in [-0.15, -0.1) is 0 Å². The van der Waals surface area contributed by atoms with Crippen molar-refractivity contribution < 1.29 is 14.7 Å². The molecular weight excluding hydrogens is 258 g/mol. The molecule has 6 heteroatoms. The van der Waals surface area contributed by atoms with Gasteiger partial charge >= 0.3 is 5.97 Å². The van der Waals surface area contributed by atoms with Gasteiger partial charge in [-0.05, 0) is 25.0 Å². The molecule has 1 aliphatic rings. The number of piperidine rings is 1. The molecule has 2 heterocycles. The highest BCUT2D eigenvalue weighted by Crippen LogP contribution is 2.22. The van der Waals surface area contributed by atoms with E-state index in [1.807, 2.05) is 12.1 Å². The number of benzene rings is 1. The summed E-state index contributed by atoms with van der Waals surface area (Å²) in [7, 11) is 0. The van der Waals surface area contributed by atoms with Crippen molar-refractivity contribution in [2.75, 3.05) is 13.1 Å². The first-order chi connectivity index (χ1) is 9.66. The summed E-state index contributed by atoms with van der Waals surface area (Å²) in [6.07, 6.45) is 2.68. The summed E-state index contributed by atoms with van der Waals surface area (Å²) >= 11 is 0. The van der Waals surface area contributed by atoms with Crippen molar-refractivity contribution in [2.45, 2.75) is 12.8 Å². The van der Waals surface area contributed by atoms with Crippen LogP contribution in [-0.2, 0) is 4.79 Å². The van der Waals surface area contributed by atoms with E-state index in [0.717, 1.165) is 10.9 Å².